The first-order valence-electron chi connectivity index (χ1n) is 7.23. The van der Waals surface area contributed by atoms with Crippen LogP contribution in [0.4, 0.5) is 10.1 Å². The predicted octanol–water partition coefficient (Wildman–Crippen LogP) is 1.82. The van der Waals surface area contributed by atoms with Crippen LogP contribution in [0.25, 0.3) is 5.69 Å². The maximum atomic E-state index is 13.6. The summed E-state index contributed by atoms with van der Waals surface area (Å²) in [5, 5.41) is 14.6. The molecule has 0 aliphatic carbocycles. The lowest BCUT2D eigenvalue weighted by molar-refractivity contribution is 0.100. The van der Waals surface area contributed by atoms with E-state index in [9.17, 15) is 9.18 Å². The standard InChI is InChI=1S/C16H15FN6O/c1-10-7-14(12(16(18)24)8-13(10)17)19-9-15-20-21-22-23(15)11-5-3-2-4-6-11/h2-8,19H,9H2,1H3,(H2,18,24). The van der Waals surface area contributed by atoms with E-state index in [1.54, 1.807) is 11.6 Å². The second-order valence-electron chi connectivity index (χ2n) is 5.21. The van der Waals surface area contributed by atoms with Crippen molar-refractivity contribution >= 4 is 11.6 Å². The molecule has 1 aromatic heterocycles. The molecule has 0 spiro atoms. The van der Waals surface area contributed by atoms with Crippen molar-refractivity contribution in [3.05, 3.63) is 65.2 Å². The van der Waals surface area contributed by atoms with Crippen molar-refractivity contribution in [2.75, 3.05) is 5.32 Å². The van der Waals surface area contributed by atoms with E-state index in [0.29, 0.717) is 17.1 Å². The average Bonchev–Trinajstić information content (AvgIpc) is 3.04. The van der Waals surface area contributed by atoms with Crippen molar-refractivity contribution in [3.63, 3.8) is 0 Å². The minimum absolute atomic E-state index is 0.0804. The summed E-state index contributed by atoms with van der Waals surface area (Å²) in [5.74, 6) is -0.652. The van der Waals surface area contributed by atoms with Gasteiger partial charge in [0.1, 0.15) is 5.82 Å². The molecule has 0 bridgehead atoms. The number of benzene rings is 2. The lowest BCUT2D eigenvalue weighted by Gasteiger charge is -2.12. The molecule has 0 atom stereocenters. The van der Waals surface area contributed by atoms with Gasteiger partial charge in [-0.3, -0.25) is 4.79 Å². The number of aromatic nitrogens is 4. The van der Waals surface area contributed by atoms with Crippen molar-refractivity contribution in [2.24, 2.45) is 5.73 Å². The number of primary amides is 1. The van der Waals surface area contributed by atoms with Crippen LogP contribution in [0.2, 0.25) is 0 Å². The first-order chi connectivity index (χ1) is 11.6. The maximum absolute atomic E-state index is 13.6. The summed E-state index contributed by atoms with van der Waals surface area (Å²) in [6.07, 6.45) is 0. The van der Waals surface area contributed by atoms with E-state index in [0.717, 1.165) is 11.8 Å². The molecule has 0 aliphatic rings. The number of halogens is 1. The smallest absolute Gasteiger partial charge is 0.250 e. The molecule has 3 rings (SSSR count). The summed E-state index contributed by atoms with van der Waals surface area (Å²) in [4.78, 5) is 11.5. The number of nitrogens with one attached hydrogen (secondary N) is 1. The Morgan fingerprint density at radius 3 is 2.75 bits per heavy atom. The number of hydrogen-bond donors (Lipinski definition) is 2. The van der Waals surface area contributed by atoms with Crippen molar-refractivity contribution in [2.45, 2.75) is 13.5 Å². The van der Waals surface area contributed by atoms with Crippen LogP contribution in [0.5, 0.6) is 0 Å². The summed E-state index contributed by atoms with van der Waals surface area (Å²) in [6, 6.07) is 12.1. The van der Waals surface area contributed by atoms with E-state index in [2.05, 4.69) is 20.8 Å². The number of carbonyl (C=O) groups is 1. The number of anilines is 1. The third kappa shape index (κ3) is 3.07. The Bertz CT molecular complexity index is 878. The molecule has 0 saturated heterocycles. The van der Waals surface area contributed by atoms with Gasteiger partial charge in [0, 0.05) is 5.69 Å². The highest BCUT2D eigenvalue weighted by Crippen LogP contribution is 2.21. The number of rotatable bonds is 5. The topological polar surface area (TPSA) is 98.7 Å². The highest BCUT2D eigenvalue weighted by Gasteiger charge is 2.14. The van der Waals surface area contributed by atoms with Crippen molar-refractivity contribution in [1.82, 2.24) is 20.2 Å². The van der Waals surface area contributed by atoms with Gasteiger partial charge in [-0.15, -0.1) is 5.10 Å². The third-order valence-corrected chi connectivity index (χ3v) is 3.54. The number of para-hydroxylation sites is 1. The largest absolute Gasteiger partial charge is 0.377 e. The highest BCUT2D eigenvalue weighted by atomic mass is 19.1. The van der Waals surface area contributed by atoms with Crippen molar-refractivity contribution in [3.8, 4) is 5.69 Å². The van der Waals surface area contributed by atoms with Gasteiger partial charge in [0.25, 0.3) is 5.91 Å². The maximum Gasteiger partial charge on any atom is 0.250 e. The van der Waals surface area contributed by atoms with E-state index < -0.39 is 11.7 Å². The van der Waals surface area contributed by atoms with E-state index in [4.69, 9.17) is 5.73 Å². The van der Waals surface area contributed by atoms with Crippen LogP contribution in [-0.4, -0.2) is 26.1 Å². The number of nitrogens with zero attached hydrogens (tertiary/aromatic N) is 4. The summed E-state index contributed by atoms with van der Waals surface area (Å²) in [6.45, 7) is 1.85. The van der Waals surface area contributed by atoms with Crippen LogP contribution >= 0.6 is 0 Å². The molecule has 8 heteroatoms. The SMILES string of the molecule is Cc1cc(NCc2nnnn2-c2ccccc2)c(C(N)=O)cc1F. The van der Waals surface area contributed by atoms with Gasteiger partial charge in [-0.2, -0.15) is 4.68 Å². The number of hydrogen-bond acceptors (Lipinski definition) is 5. The number of nitrogens with two attached hydrogens (primary N) is 1. The predicted molar refractivity (Wildman–Crippen MR) is 86.1 cm³/mol. The monoisotopic (exact) mass is 326 g/mol. The lowest BCUT2D eigenvalue weighted by atomic mass is 10.1. The van der Waals surface area contributed by atoms with Crippen LogP contribution in [0.1, 0.15) is 21.7 Å². The number of amides is 1. The molecular weight excluding hydrogens is 311 g/mol. The van der Waals surface area contributed by atoms with Gasteiger partial charge in [-0.25, -0.2) is 4.39 Å². The molecule has 122 valence electrons. The zero-order valence-electron chi connectivity index (χ0n) is 12.9. The Kier molecular flexibility index (Phi) is 4.19. The normalized spacial score (nSPS) is 10.6. The quantitative estimate of drug-likeness (QED) is 0.745. The summed E-state index contributed by atoms with van der Waals surface area (Å²) in [7, 11) is 0. The molecule has 24 heavy (non-hydrogen) atoms. The van der Waals surface area contributed by atoms with Crippen LogP contribution in [0.3, 0.4) is 0 Å². The molecule has 0 fully saturated rings. The van der Waals surface area contributed by atoms with Gasteiger partial charge >= 0.3 is 0 Å². The van der Waals surface area contributed by atoms with Gasteiger partial charge in [-0.1, -0.05) is 18.2 Å². The molecular formula is C16H15FN6O. The van der Waals surface area contributed by atoms with E-state index in [1.807, 2.05) is 30.3 Å². The highest BCUT2D eigenvalue weighted by molar-refractivity contribution is 5.98. The molecule has 0 radical (unpaired) electrons. The van der Waals surface area contributed by atoms with Gasteiger partial charge in [0.15, 0.2) is 5.82 Å². The molecule has 0 unspecified atom stereocenters. The van der Waals surface area contributed by atoms with Crippen LogP contribution in [0.15, 0.2) is 42.5 Å². The fraction of sp³-hybridized carbons (Fsp3) is 0.125. The minimum atomic E-state index is -0.709. The Morgan fingerprint density at radius 1 is 1.29 bits per heavy atom. The second-order valence-corrected chi connectivity index (χ2v) is 5.21. The second kappa shape index (κ2) is 6.45. The van der Waals surface area contributed by atoms with Crippen LogP contribution in [0, 0.1) is 12.7 Å². The van der Waals surface area contributed by atoms with Gasteiger partial charge in [-0.05, 0) is 47.2 Å². The molecule has 0 saturated carbocycles. The molecule has 1 heterocycles. The average molecular weight is 326 g/mol. The molecule has 0 aliphatic heterocycles. The van der Waals surface area contributed by atoms with Gasteiger partial charge in [0.05, 0.1) is 17.8 Å². The van der Waals surface area contributed by atoms with Crippen molar-refractivity contribution in [1.29, 1.82) is 0 Å². The Balaban J connectivity index is 1.87. The first kappa shape index (κ1) is 15.6. The van der Waals surface area contributed by atoms with Gasteiger partial charge in [0.2, 0.25) is 0 Å². The summed E-state index contributed by atoms with van der Waals surface area (Å²) >= 11 is 0. The first-order valence-corrected chi connectivity index (χ1v) is 7.23. The number of aryl methyl sites for hydroxylation is 1. The Labute approximate surface area is 137 Å². The van der Waals surface area contributed by atoms with Crippen LogP contribution in [-0.2, 0) is 6.54 Å². The summed E-state index contributed by atoms with van der Waals surface area (Å²) < 4.78 is 15.2. The lowest BCUT2D eigenvalue weighted by Crippen LogP contribution is -2.16. The Morgan fingerprint density at radius 2 is 2.04 bits per heavy atom. The molecule has 3 N–H and O–H groups in total. The number of tetrazole rings is 1. The zero-order valence-corrected chi connectivity index (χ0v) is 12.9. The van der Waals surface area contributed by atoms with E-state index in [-0.39, 0.29) is 12.1 Å². The minimum Gasteiger partial charge on any atom is -0.377 e. The van der Waals surface area contributed by atoms with E-state index in [1.165, 1.54) is 6.07 Å². The van der Waals surface area contributed by atoms with Crippen LogP contribution < -0.4 is 11.1 Å². The van der Waals surface area contributed by atoms with Crippen molar-refractivity contribution < 1.29 is 9.18 Å². The molecule has 3 aromatic rings. The summed E-state index contributed by atoms with van der Waals surface area (Å²) in [5.41, 5.74) is 7.04. The zero-order chi connectivity index (χ0) is 17.1. The number of carbonyl (C=O) groups excluding carboxylic acids is 1. The fourth-order valence-corrected chi connectivity index (χ4v) is 2.29. The molecule has 2 aromatic carbocycles. The molecule has 7 nitrogen and oxygen atoms in total. The van der Waals surface area contributed by atoms with Gasteiger partial charge < -0.3 is 11.1 Å². The fourth-order valence-electron chi connectivity index (χ4n) is 2.29. The van der Waals surface area contributed by atoms with E-state index >= 15 is 0 Å². The Hall–Kier alpha value is -3.29. The molecule has 1 amide bonds. The third-order valence-electron chi connectivity index (χ3n) is 3.54.